The molecule has 0 aliphatic carbocycles. The van der Waals surface area contributed by atoms with Gasteiger partial charge < -0.3 is 10.1 Å². The van der Waals surface area contributed by atoms with Gasteiger partial charge in [-0.15, -0.1) is 0 Å². The van der Waals surface area contributed by atoms with Crippen molar-refractivity contribution in [3.63, 3.8) is 0 Å². The van der Waals surface area contributed by atoms with E-state index >= 15 is 0 Å². The average Bonchev–Trinajstić information content (AvgIpc) is 2.78. The van der Waals surface area contributed by atoms with Gasteiger partial charge in [-0.1, -0.05) is 20.3 Å². The van der Waals surface area contributed by atoms with E-state index in [1.54, 1.807) is 0 Å². The summed E-state index contributed by atoms with van der Waals surface area (Å²) in [4.78, 5) is 0. The summed E-state index contributed by atoms with van der Waals surface area (Å²) in [6, 6.07) is 0.380. The van der Waals surface area contributed by atoms with Crippen molar-refractivity contribution in [3.8, 4) is 5.75 Å². The molecule has 18 heavy (non-hydrogen) atoms. The summed E-state index contributed by atoms with van der Waals surface area (Å²) >= 11 is 0. The first kappa shape index (κ1) is 15.0. The monoisotopic (exact) mass is 253 g/mol. The van der Waals surface area contributed by atoms with Crippen LogP contribution in [0.4, 0.5) is 0 Å². The lowest BCUT2D eigenvalue weighted by Gasteiger charge is -2.18. The third-order valence-electron chi connectivity index (χ3n) is 2.82. The Hall–Kier alpha value is -1.03. The normalized spacial score (nSPS) is 12.9. The number of nitrogens with zero attached hydrogens (tertiary/aromatic N) is 2. The Labute approximate surface area is 111 Å². The van der Waals surface area contributed by atoms with Gasteiger partial charge in [0.1, 0.15) is 6.10 Å². The second-order valence-electron chi connectivity index (χ2n) is 4.98. The highest BCUT2D eigenvalue weighted by molar-refractivity contribution is 5.12. The zero-order valence-electron chi connectivity index (χ0n) is 12.1. The topological polar surface area (TPSA) is 39.1 Å². The van der Waals surface area contributed by atoms with Crippen LogP contribution in [0.25, 0.3) is 0 Å². The second-order valence-corrected chi connectivity index (χ2v) is 4.98. The Morgan fingerprint density at radius 3 is 2.67 bits per heavy atom. The molecule has 0 saturated carbocycles. The van der Waals surface area contributed by atoms with E-state index in [1.807, 2.05) is 17.1 Å². The first-order valence-electron chi connectivity index (χ1n) is 7.08. The molecule has 0 fully saturated rings. The Kier molecular flexibility index (Phi) is 6.80. The highest BCUT2D eigenvalue weighted by Gasteiger charge is 2.11. The molecule has 1 rings (SSSR count). The smallest absolute Gasteiger partial charge is 0.157 e. The SMILES string of the molecule is CCCNCC(CCC)Oc1cnn(C(C)C)c1. The minimum atomic E-state index is 0.242. The molecule has 1 aromatic rings. The van der Waals surface area contributed by atoms with Crippen molar-refractivity contribution in [2.24, 2.45) is 0 Å². The van der Waals surface area contributed by atoms with Crippen LogP contribution in [-0.2, 0) is 0 Å². The molecule has 0 aliphatic rings. The Morgan fingerprint density at radius 2 is 2.11 bits per heavy atom. The largest absolute Gasteiger partial charge is 0.486 e. The summed E-state index contributed by atoms with van der Waals surface area (Å²) in [6.45, 7) is 10.6. The van der Waals surface area contributed by atoms with E-state index in [4.69, 9.17) is 4.74 Å². The van der Waals surface area contributed by atoms with Crippen LogP contribution in [0.2, 0.25) is 0 Å². The van der Waals surface area contributed by atoms with Crippen LogP contribution in [0.5, 0.6) is 5.75 Å². The number of rotatable bonds is 9. The van der Waals surface area contributed by atoms with Gasteiger partial charge >= 0.3 is 0 Å². The van der Waals surface area contributed by atoms with Gasteiger partial charge in [-0.2, -0.15) is 5.10 Å². The quantitative estimate of drug-likeness (QED) is 0.688. The highest BCUT2D eigenvalue weighted by atomic mass is 16.5. The molecule has 0 amide bonds. The van der Waals surface area contributed by atoms with Gasteiger partial charge in [-0.05, 0) is 33.2 Å². The fourth-order valence-corrected chi connectivity index (χ4v) is 1.82. The molecule has 0 spiro atoms. The molecule has 1 unspecified atom stereocenters. The van der Waals surface area contributed by atoms with Crippen LogP contribution in [0.15, 0.2) is 12.4 Å². The first-order valence-corrected chi connectivity index (χ1v) is 7.08. The van der Waals surface area contributed by atoms with Crippen LogP contribution in [0.1, 0.15) is 53.0 Å². The van der Waals surface area contributed by atoms with Crippen LogP contribution in [0, 0.1) is 0 Å². The van der Waals surface area contributed by atoms with Gasteiger partial charge in [-0.3, -0.25) is 4.68 Å². The van der Waals surface area contributed by atoms with Crippen molar-refractivity contribution >= 4 is 0 Å². The lowest BCUT2D eigenvalue weighted by molar-refractivity contribution is 0.186. The Balaban J connectivity index is 2.47. The number of nitrogens with one attached hydrogen (secondary N) is 1. The van der Waals surface area contributed by atoms with Crippen LogP contribution >= 0.6 is 0 Å². The molecule has 1 atom stereocenters. The zero-order chi connectivity index (χ0) is 13.4. The van der Waals surface area contributed by atoms with Crippen molar-refractivity contribution in [2.75, 3.05) is 13.1 Å². The highest BCUT2D eigenvalue weighted by Crippen LogP contribution is 2.15. The maximum atomic E-state index is 5.99. The molecule has 104 valence electrons. The Morgan fingerprint density at radius 1 is 1.33 bits per heavy atom. The van der Waals surface area contributed by atoms with Crippen molar-refractivity contribution < 1.29 is 4.74 Å². The second kappa shape index (κ2) is 8.14. The number of aromatic nitrogens is 2. The van der Waals surface area contributed by atoms with E-state index in [1.165, 1.54) is 0 Å². The van der Waals surface area contributed by atoms with Gasteiger partial charge in [0.2, 0.25) is 0 Å². The zero-order valence-corrected chi connectivity index (χ0v) is 12.1. The van der Waals surface area contributed by atoms with Gasteiger partial charge in [0.05, 0.1) is 12.4 Å². The summed E-state index contributed by atoms with van der Waals surface area (Å²) in [5.74, 6) is 0.875. The van der Waals surface area contributed by atoms with E-state index in [2.05, 4.69) is 38.1 Å². The molecular weight excluding hydrogens is 226 g/mol. The molecule has 1 aromatic heterocycles. The van der Waals surface area contributed by atoms with E-state index in [-0.39, 0.29) is 6.10 Å². The third-order valence-corrected chi connectivity index (χ3v) is 2.82. The van der Waals surface area contributed by atoms with Gasteiger partial charge in [0, 0.05) is 12.6 Å². The molecule has 4 heteroatoms. The van der Waals surface area contributed by atoms with Crippen molar-refractivity contribution in [2.45, 2.75) is 59.1 Å². The molecule has 4 nitrogen and oxygen atoms in total. The summed E-state index contributed by atoms with van der Waals surface area (Å²) in [5, 5.41) is 7.71. The number of ether oxygens (including phenoxy) is 1. The molecule has 0 saturated heterocycles. The standard InChI is InChI=1S/C14H27N3O/c1-5-7-13(9-15-8-6-2)18-14-10-16-17(11-14)12(3)4/h10-13,15H,5-9H2,1-4H3. The molecule has 1 heterocycles. The van der Waals surface area contributed by atoms with E-state index in [0.29, 0.717) is 6.04 Å². The average molecular weight is 253 g/mol. The van der Waals surface area contributed by atoms with Crippen molar-refractivity contribution in [3.05, 3.63) is 12.4 Å². The van der Waals surface area contributed by atoms with Crippen molar-refractivity contribution in [1.29, 1.82) is 0 Å². The predicted octanol–water partition coefficient (Wildman–Crippen LogP) is 3.01. The first-order chi connectivity index (χ1) is 8.67. The summed E-state index contributed by atoms with van der Waals surface area (Å²) in [7, 11) is 0. The van der Waals surface area contributed by atoms with Crippen LogP contribution in [-0.4, -0.2) is 29.0 Å². The summed E-state index contributed by atoms with van der Waals surface area (Å²) < 4.78 is 7.91. The number of hydrogen-bond donors (Lipinski definition) is 1. The van der Waals surface area contributed by atoms with Crippen LogP contribution < -0.4 is 10.1 Å². The van der Waals surface area contributed by atoms with E-state index in [9.17, 15) is 0 Å². The fraction of sp³-hybridized carbons (Fsp3) is 0.786. The van der Waals surface area contributed by atoms with Gasteiger partial charge in [0.15, 0.2) is 5.75 Å². The molecule has 1 N–H and O–H groups in total. The van der Waals surface area contributed by atoms with E-state index in [0.717, 1.165) is 38.1 Å². The molecule has 0 radical (unpaired) electrons. The fourth-order valence-electron chi connectivity index (χ4n) is 1.82. The molecular formula is C14H27N3O. The summed E-state index contributed by atoms with van der Waals surface area (Å²) in [5.41, 5.74) is 0. The Bertz CT molecular complexity index is 323. The number of hydrogen-bond acceptors (Lipinski definition) is 3. The minimum Gasteiger partial charge on any atom is -0.486 e. The summed E-state index contributed by atoms with van der Waals surface area (Å²) in [6.07, 6.45) is 7.39. The molecule has 0 aliphatic heterocycles. The molecule has 0 bridgehead atoms. The van der Waals surface area contributed by atoms with E-state index < -0.39 is 0 Å². The lowest BCUT2D eigenvalue weighted by Crippen LogP contribution is -2.31. The predicted molar refractivity (Wildman–Crippen MR) is 75.1 cm³/mol. The lowest BCUT2D eigenvalue weighted by atomic mass is 10.2. The van der Waals surface area contributed by atoms with Gasteiger partial charge in [0.25, 0.3) is 0 Å². The third kappa shape index (κ3) is 5.08. The van der Waals surface area contributed by atoms with Crippen LogP contribution in [0.3, 0.4) is 0 Å². The van der Waals surface area contributed by atoms with Gasteiger partial charge in [-0.25, -0.2) is 0 Å². The maximum absolute atomic E-state index is 5.99. The minimum absolute atomic E-state index is 0.242. The molecule has 0 aromatic carbocycles. The maximum Gasteiger partial charge on any atom is 0.157 e. The van der Waals surface area contributed by atoms with Crippen molar-refractivity contribution in [1.82, 2.24) is 15.1 Å².